The van der Waals surface area contributed by atoms with E-state index in [-0.39, 0.29) is 18.0 Å². The first-order valence-corrected chi connectivity index (χ1v) is 9.38. The van der Waals surface area contributed by atoms with E-state index in [0.717, 1.165) is 6.07 Å². The first-order valence-electron chi connectivity index (χ1n) is 7.90. The van der Waals surface area contributed by atoms with Crippen molar-refractivity contribution < 1.29 is 31.1 Å². The van der Waals surface area contributed by atoms with E-state index in [1.165, 1.54) is 24.3 Å². The van der Waals surface area contributed by atoms with Gasteiger partial charge in [0.1, 0.15) is 5.75 Å². The van der Waals surface area contributed by atoms with Gasteiger partial charge in [-0.2, -0.15) is 0 Å². The summed E-state index contributed by atoms with van der Waals surface area (Å²) in [7, 11) is -3.82. The van der Waals surface area contributed by atoms with Crippen LogP contribution in [0.25, 0.3) is 0 Å². The molecule has 0 aliphatic heterocycles. The van der Waals surface area contributed by atoms with Gasteiger partial charge in [0.25, 0.3) is 5.91 Å². The lowest BCUT2D eigenvalue weighted by atomic mass is 10.2. The molecule has 0 aliphatic carbocycles. The standard InChI is InChI=1S/C17H17F3N2O4S/c1-2-26-11-3-5-12(6-4-11)27(24,25)22-10-9-21-17(23)13-7-8-14(18)16(20)15(13)19/h3-8,22H,2,9-10H2,1H3,(H,21,23). The highest BCUT2D eigenvalue weighted by molar-refractivity contribution is 7.89. The number of rotatable bonds is 8. The van der Waals surface area contributed by atoms with E-state index in [1.807, 2.05) is 0 Å². The van der Waals surface area contributed by atoms with Crippen molar-refractivity contribution in [1.29, 1.82) is 0 Å². The van der Waals surface area contributed by atoms with E-state index in [2.05, 4.69) is 10.0 Å². The second kappa shape index (κ2) is 8.87. The molecule has 0 heterocycles. The quantitative estimate of drug-likeness (QED) is 0.524. The molecule has 2 aromatic carbocycles. The van der Waals surface area contributed by atoms with Crippen LogP contribution in [0.2, 0.25) is 0 Å². The third-order valence-electron chi connectivity index (χ3n) is 3.43. The van der Waals surface area contributed by atoms with Crippen molar-refractivity contribution in [3.8, 4) is 5.75 Å². The summed E-state index contributed by atoms with van der Waals surface area (Å²) in [5.41, 5.74) is -0.678. The second-order valence-electron chi connectivity index (χ2n) is 5.28. The van der Waals surface area contributed by atoms with Gasteiger partial charge in [-0.25, -0.2) is 26.3 Å². The third-order valence-corrected chi connectivity index (χ3v) is 4.90. The Hall–Kier alpha value is -2.59. The van der Waals surface area contributed by atoms with Gasteiger partial charge in [0.15, 0.2) is 17.5 Å². The molecule has 1 amide bonds. The number of carbonyl (C=O) groups is 1. The lowest BCUT2D eigenvalue weighted by molar-refractivity contribution is 0.0949. The molecule has 0 aliphatic rings. The highest BCUT2D eigenvalue weighted by Crippen LogP contribution is 2.16. The van der Waals surface area contributed by atoms with Gasteiger partial charge in [0, 0.05) is 13.1 Å². The lowest BCUT2D eigenvalue weighted by Gasteiger charge is -2.09. The minimum Gasteiger partial charge on any atom is -0.494 e. The molecule has 0 radical (unpaired) electrons. The van der Waals surface area contributed by atoms with Gasteiger partial charge in [-0.15, -0.1) is 0 Å². The van der Waals surface area contributed by atoms with Crippen molar-refractivity contribution in [3.63, 3.8) is 0 Å². The Morgan fingerprint density at radius 2 is 1.67 bits per heavy atom. The van der Waals surface area contributed by atoms with Crippen molar-refractivity contribution in [2.24, 2.45) is 0 Å². The van der Waals surface area contributed by atoms with Gasteiger partial charge in [0.05, 0.1) is 17.1 Å². The molecule has 0 unspecified atom stereocenters. The summed E-state index contributed by atoms with van der Waals surface area (Å²) < 4.78 is 71.3. The maximum atomic E-state index is 13.5. The summed E-state index contributed by atoms with van der Waals surface area (Å²) in [6.45, 7) is 1.87. The molecule has 0 bridgehead atoms. The van der Waals surface area contributed by atoms with Crippen molar-refractivity contribution >= 4 is 15.9 Å². The van der Waals surface area contributed by atoms with Crippen LogP contribution in [-0.2, 0) is 10.0 Å². The number of hydrogen-bond acceptors (Lipinski definition) is 4. The number of ether oxygens (including phenoxy) is 1. The van der Waals surface area contributed by atoms with E-state index < -0.39 is 38.9 Å². The van der Waals surface area contributed by atoms with Gasteiger partial charge in [0.2, 0.25) is 10.0 Å². The molecule has 146 valence electrons. The van der Waals surface area contributed by atoms with Crippen LogP contribution in [0.1, 0.15) is 17.3 Å². The van der Waals surface area contributed by atoms with E-state index in [4.69, 9.17) is 4.74 Å². The average Bonchev–Trinajstić information content (AvgIpc) is 2.64. The Bertz CT molecular complexity index is 919. The highest BCUT2D eigenvalue weighted by atomic mass is 32.2. The largest absolute Gasteiger partial charge is 0.494 e. The van der Waals surface area contributed by atoms with Crippen LogP contribution in [0, 0.1) is 17.5 Å². The smallest absolute Gasteiger partial charge is 0.254 e. The van der Waals surface area contributed by atoms with Crippen molar-refractivity contribution in [2.45, 2.75) is 11.8 Å². The molecular formula is C17H17F3N2O4S. The molecule has 27 heavy (non-hydrogen) atoms. The number of nitrogens with one attached hydrogen (secondary N) is 2. The second-order valence-corrected chi connectivity index (χ2v) is 7.05. The van der Waals surface area contributed by atoms with Crippen molar-refractivity contribution in [1.82, 2.24) is 10.0 Å². The van der Waals surface area contributed by atoms with Crippen LogP contribution in [-0.4, -0.2) is 34.0 Å². The van der Waals surface area contributed by atoms with Crippen LogP contribution < -0.4 is 14.8 Å². The van der Waals surface area contributed by atoms with Crippen molar-refractivity contribution in [2.75, 3.05) is 19.7 Å². The van der Waals surface area contributed by atoms with E-state index >= 15 is 0 Å². The molecule has 2 aromatic rings. The van der Waals surface area contributed by atoms with Gasteiger partial charge >= 0.3 is 0 Å². The fraction of sp³-hybridized carbons (Fsp3) is 0.235. The minimum atomic E-state index is -3.82. The number of hydrogen-bond donors (Lipinski definition) is 2. The molecule has 2 rings (SSSR count). The van der Waals surface area contributed by atoms with E-state index in [9.17, 15) is 26.4 Å². The fourth-order valence-corrected chi connectivity index (χ4v) is 3.15. The first kappa shape index (κ1) is 20.7. The number of amides is 1. The van der Waals surface area contributed by atoms with E-state index in [1.54, 1.807) is 6.92 Å². The first-order chi connectivity index (χ1) is 12.8. The van der Waals surface area contributed by atoms with Gasteiger partial charge < -0.3 is 10.1 Å². The summed E-state index contributed by atoms with van der Waals surface area (Å²) in [5.74, 6) is -5.24. The predicted molar refractivity (Wildman–Crippen MR) is 91.4 cm³/mol. The SMILES string of the molecule is CCOc1ccc(S(=O)(=O)NCCNC(=O)c2ccc(F)c(F)c2F)cc1. The summed E-state index contributed by atoms with van der Waals surface area (Å²) in [6.07, 6.45) is 0. The van der Waals surface area contributed by atoms with Crippen LogP contribution in [0.4, 0.5) is 13.2 Å². The fourth-order valence-electron chi connectivity index (χ4n) is 2.12. The Kier molecular flexibility index (Phi) is 6.81. The molecule has 2 N–H and O–H groups in total. The summed E-state index contributed by atoms with van der Waals surface area (Å²) in [5, 5.41) is 2.22. The minimum absolute atomic E-state index is 0.00364. The van der Waals surface area contributed by atoms with Crippen LogP contribution in [0.5, 0.6) is 5.75 Å². The molecule has 0 saturated carbocycles. The topological polar surface area (TPSA) is 84.5 Å². The Morgan fingerprint density at radius 3 is 2.30 bits per heavy atom. The highest BCUT2D eigenvalue weighted by Gasteiger charge is 2.19. The molecule has 0 spiro atoms. The number of halogens is 3. The van der Waals surface area contributed by atoms with Crippen molar-refractivity contribution in [3.05, 3.63) is 59.4 Å². The molecular weight excluding hydrogens is 385 g/mol. The zero-order valence-corrected chi connectivity index (χ0v) is 15.1. The maximum Gasteiger partial charge on any atom is 0.254 e. The summed E-state index contributed by atoms with van der Waals surface area (Å²) in [4.78, 5) is 11.8. The predicted octanol–water partition coefficient (Wildman–Crippen LogP) is 2.21. The zero-order chi connectivity index (χ0) is 20.0. The number of sulfonamides is 1. The average molecular weight is 402 g/mol. The number of benzene rings is 2. The zero-order valence-electron chi connectivity index (χ0n) is 14.3. The van der Waals surface area contributed by atoms with Crippen LogP contribution in [0.15, 0.2) is 41.3 Å². The third kappa shape index (κ3) is 5.20. The lowest BCUT2D eigenvalue weighted by Crippen LogP contribution is -2.35. The number of carbonyl (C=O) groups excluding carboxylic acids is 1. The van der Waals surface area contributed by atoms with Gasteiger partial charge in [-0.3, -0.25) is 4.79 Å². The normalized spacial score (nSPS) is 11.3. The maximum absolute atomic E-state index is 13.5. The molecule has 0 aromatic heterocycles. The Balaban J connectivity index is 1.90. The monoisotopic (exact) mass is 402 g/mol. The molecule has 0 saturated heterocycles. The van der Waals surface area contributed by atoms with Gasteiger partial charge in [-0.1, -0.05) is 0 Å². The molecule has 6 nitrogen and oxygen atoms in total. The molecule has 0 fully saturated rings. The molecule has 0 atom stereocenters. The summed E-state index contributed by atoms with van der Waals surface area (Å²) >= 11 is 0. The van der Waals surface area contributed by atoms with Gasteiger partial charge in [-0.05, 0) is 43.3 Å². The van der Waals surface area contributed by atoms with Crippen LogP contribution >= 0.6 is 0 Å². The van der Waals surface area contributed by atoms with Crippen LogP contribution in [0.3, 0.4) is 0 Å². The Labute approximate surface area is 154 Å². The van der Waals surface area contributed by atoms with E-state index in [0.29, 0.717) is 18.4 Å². The summed E-state index contributed by atoms with van der Waals surface area (Å²) in [6, 6.07) is 7.16. The molecule has 10 heteroatoms. The Morgan fingerprint density at radius 1 is 1.00 bits per heavy atom.